The summed E-state index contributed by atoms with van der Waals surface area (Å²) in [5.41, 5.74) is 3.41. The lowest BCUT2D eigenvalue weighted by atomic mass is 10.2. The standard InChI is InChI=1S/C17H11Br2IN2O4/c1-25-13-6-11(19)3-9(15(13)23)7-21-22-17(24)14-4-8-2-10(18)5-12(20)16(8)26-14/h2-7,23H,1H3,(H,22,24)/b21-7-. The van der Waals surface area contributed by atoms with Crippen molar-refractivity contribution in [3.05, 3.63) is 54.2 Å². The fourth-order valence-corrected chi connectivity index (χ4v) is 4.37. The minimum atomic E-state index is -0.495. The lowest BCUT2D eigenvalue weighted by Crippen LogP contribution is -2.16. The van der Waals surface area contributed by atoms with Gasteiger partial charge in [0.05, 0.1) is 16.9 Å². The van der Waals surface area contributed by atoms with E-state index >= 15 is 0 Å². The van der Waals surface area contributed by atoms with E-state index in [1.54, 1.807) is 18.2 Å². The van der Waals surface area contributed by atoms with Crippen LogP contribution in [0.2, 0.25) is 0 Å². The number of benzene rings is 2. The number of furan rings is 1. The van der Waals surface area contributed by atoms with Crippen LogP contribution in [0.4, 0.5) is 0 Å². The predicted molar refractivity (Wildman–Crippen MR) is 114 cm³/mol. The summed E-state index contributed by atoms with van der Waals surface area (Å²) in [6, 6.07) is 8.68. The molecule has 0 unspecified atom stereocenters. The molecule has 6 nitrogen and oxygen atoms in total. The molecule has 2 aromatic carbocycles. The second-order valence-electron chi connectivity index (χ2n) is 5.16. The smallest absolute Gasteiger partial charge is 0.307 e. The van der Waals surface area contributed by atoms with Crippen LogP contribution in [-0.4, -0.2) is 24.3 Å². The van der Waals surface area contributed by atoms with Crippen LogP contribution in [0, 0.1) is 3.57 Å². The average Bonchev–Trinajstić information content (AvgIpc) is 3.01. The molecule has 0 saturated carbocycles. The van der Waals surface area contributed by atoms with Gasteiger partial charge in [0.25, 0.3) is 0 Å². The summed E-state index contributed by atoms with van der Waals surface area (Å²) in [5.74, 6) is -0.128. The van der Waals surface area contributed by atoms with Gasteiger partial charge in [-0.1, -0.05) is 31.9 Å². The molecule has 1 aromatic heterocycles. The quantitative estimate of drug-likeness (QED) is 0.252. The van der Waals surface area contributed by atoms with Crippen LogP contribution in [0.5, 0.6) is 11.5 Å². The van der Waals surface area contributed by atoms with Gasteiger partial charge in [-0.15, -0.1) is 0 Å². The SMILES string of the molecule is COc1cc(Br)cc(/C=N\NC(=O)c2cc3cc(Br)cc(I)c3o2)c1O. The van der Waals surface area contributed by atoms with Crippen molar-refractivity contribution in [1.82, 2.24) is 5.43 Å². The number of hydrazone groups is 1. The molecule has 0 radical (unpaired) electrons. The Labute approximate surface area is 179 Å². The number of carbonyl (C=O) groups is 1. The molecule has 2 N–H and O–H groups in total. The molecule has 9 heteroatoms. The van der Waals surface area contributed by atoms with Gasteiger partial charge in [-0.2, -0.15) is 5.10 Å². The first-order valence-corrected chi connectivity index (χ1v) is 9.84. The summed E-state index contributed by atoms with van der Waals surface area (Å²) in [4.78, 5) is 12.2. The number of aromatic hydroxyl groups is 1. The fraction of sp³-hybridized carbons (Fsp3) is 0.0588. The van der Waals surface area contributed by atoms with E-state index in [2.05, 4.69) is 65.0 Å². The van der Waals surface area contributed by atoms with Crippen molar-refractivity contribution in [3.8, 4) is 11.5 Å². The second kappa shape index (κ2) is 7.97. The van der Waals surface area contributed by atoms with E-state index in [-0.39, 0.29) is 11.5 Å². The topological polar surface area (TPSA) is 84.1 Å². The summed E-state index contributed by atoms with van der Waals surface area (Å²) in [6.07, 6.45) is 1.32. The van der Waals surface area contributed by atoms with Gasteiger partial charge >= 0.3 is 5.91 Å². The van der Waals surface area contributed by atoms with E-state index in [0.29, 0.717) is 21.4 Å². The van der Waals surface area contributed by atoms with E-state index in [9.17, 15) is 9.90 Å². The highest BCUT2D eigenvalue weighted by atomic mass is 127. The van der Waals surface area contributed by atoms with Crippen molar-refractivity contribution in [2.45, 2.75) is 0 Å². The number of amides is 1. The van der Waals surface area contributed by atoms with Gasteiger partial charge < -0.3 is 14.3 Å². The number of fused-ring (bicyclic) bond motifs is 1. The third-order valence-electron chi connectivity index (χ3n) is 3.42. The first-order chi connectivity index (χ1) is 12.4. The van der Waals surface area contributed by atoms with Crippen molar-refractivity contribution >= 4 is 77.5 Å². The monoisotopic (exact) mass is 592 g/mol. The molecular formula is C17H11Br2IN2O4. The Bertz CT molecular complexity index is 1030. The second-order valence-corrected chi connectivity index (χ2v) is 8.16. The van der Waals surface area contributed by atoms with Gasteiger partial charge in [-0.25, -0.2) is 5.43 Å². The van der Waals surface area contributed by atoms with E-state index in [1.807, 2.05) is 12.1 Å². The molecular weight excluding hydrogens is 583 g/mol. The maximum Gasteiger partial charge on any atom is 0.307 e. The molecule has 3 rings (SSSR count). The zero-order valence-electron chi connectivity index (χ0n) is 13.2. The van der Waals surface area contributed by atoms with Crippen molar-refractivity contribution in [3.63, 3.8) is 0 Å². The molecule has 0 fully saturated rings. The number of carbonyl (C=O) groups excluding carboxylic acids is 1. The zero-order valence-corrected chi connectivity index (χ0v) is 18.5. The van der Waals surface area contributed by atoms with Crippen molar-refractivity contribution in [2.24, 2.45) is 5.10 Å². The summed E-state index contributed by atoms with van der Waals surface area (Å²) in [7, 11) is 1.45. The maximum absolute atomic E-state index is 12.2. The molecule has 0 atom stereocenters. The van der Waals surface area contributed by atoms with Crippen LogP contribution in [0.25, 0.3) is 11.0 Å². The maximum atomic E-state index is 12.2. The number of nitrogens with one attached hydrogen (secondary N) is 1. The molecule has 1 amide bonds. The minimum absolute atomic E-state index is 0.0724. The Balaban J connectivity index is 1.80. The van der Waals surface area contributed by atoms with E-state index in [1.165, 1.54) is 13.3 Å². The molecule has 0 spiro atoms. The Kier molecular flexibility index (Phi) is 5.88. The Hall–Kier alpha value is -1.59. The minimum Gasteiger partial charge on any atom is -0.504 e. The molecule has 0 aliphatic carbocycles. The van der Waals surface area contributed by atoms with Crippen LogP contribution in [-0.2, 0) is 0 Å². The summed E-state index contributed by atoms with van der Waals surface area (Å²) >= 11 is 8.87. The van der Waals surface area contributed by atoms with Gasteiger partial charge in [0.1, 0.15) is 5.58 Å². The van der Waals surface area contributed by atoms with Gasteiger partial charge in [0.15, 0.2) is 17.3 Å². The number of hydrogen-bond donors (Lipinski definition) is 2. The molecule has 0 saturated heterocycles. The van der Waals surface area contributed by atoms with Crippen LogP contribution in [0.3, 0.4) is 0 Å². The lowest BCUT2D eigenvalue weighted by Gasteiger charge is -2.06. The number of hydrogen-bond acceptors (Lipinski definition) is 5. The normalized spacial score (nSPS) is 11.2. The molecule has 0 bridgehead atoms. The first-order valence-electron chi connectivity index (χ1n) is 7.17. The third-order valence-corrected chi connectivity index (χ3v) is 5.14. The highest BCUT2D eigenvalue weighted by Crippen LogP contribution is 2.32. The highest BCUT2D eigenvalue weighted by Gasteiger charge is 2.14. The molecule has 0 aliphatic heterocycles. The number of ether oxygens (including phenoxy) is 1. The highest BCUT2D eigenvalue weighted by molar-refractivity contribution is 14.1. The predicted octanol–water partition coefficient (Wildman–Crippen LogP) is 5.04. The molecule has 3 aromatic rings. The average molecular weight is 594 g/mol. The van der Waals surface area contributed by atoms with E-state index in [0.717, 1.165) is 13.4 Å². The fourth-order valence-electron chi connectivity index (χ4n) is 2.25. The number of halogens is 3. The van der Waals surface area contributed by atoms with Gasteiger partial charge in [-0.3, -0.25) is 4.79 Å². The Morgan fingerprint density at radius 3 is 2.73 bits per heavy atom. The number of phenols is 1. The van der Waals surface area contributed by atoms with Gasteiger partial charge in [0.2, 0.25) is 0 Å². The van der Waals surface area contributed by atoms with Crippen LogP contribution in [0.1, 0.15) is 16.1 Å². The number of phenolic OH excluding ortho intramolecular Hbond substituents is 1. The molecule has 26 heavy (non-hydrogen) atoms. The zero-order chi connectivity index (χ0) is 18.8. The molecule has 134 valence electrons. The Morgan fingerprint density at radius 1 is 1.27 bits per heavy atom. The van der Waals surface area contributed by atoms with Crippen molar-refractivity contribution in [2.75, 3.05) is 7.11 Å². The lowest BCUT2D eigenvalue weighted by molar-refractivity contribution is 0.0929. The van der Waals surface area contributed by atoms with Gasteiger partial charge in [0, 0.05) is 19.9 Å². The van der Waals surface area contributed by atoms with E-state index in [4.69, 9.17) is 9.15 Å². The van der Waals surface area contributed by atoms with Crippen LogP contribution < -0.4 is 10.2 Å². The van der Waals surface area contributed by atoms with Crippen molar-refractivity contribution in [1.29, 1.82) is 0 Å². The summed E-state index contributed by atoms with van der Waals surface area (Å²) in [5, 5.41) is 14.8. The first kappa shape index (κ1) is 19.2. The van der Waals surface area contributed by atoms with Crippen molar-refractivity contribution < 1.29 is 19.1 Å². The van der Waals surface area contributed by atoms with Gasteiger partial charge in [-0.05, 0) is 52.9 Å². The summed E-state index contributed by atoms with van der Waals surface area (Å²) in [6.45, 7) is 0. The Morgan fingerprint density at radius 2 is 2.00 bits per heavy atom. The number of nitrogens with zero attached hydrogens (tertiary/aromatic N) is 1. The third kappa shape index (κ3) is 4.04. The van der Waals surface area contributed by atoms with Crippen LogP contribution in [0.15, 0.2) is 48.8 Å². The molecule has 1 heterocycles. The summed E-state index contributed by atoms with van der Waals surface area (Å²) < 4.78 is 13.2. The van der Waals surface area contributed by atoms with E-state index < -0.39 is 5.91 Å². The number of methoxy groups -OCH3 is 1. The number of rotatable bonds is 4. The van der Waals surface area contributed by atoms with Crippen LogP contribution >= 0.6 is 54.5 Å². The largest absolute Gasteiger partial charge is 0.504 e. The molecule has 0 aliphatic rings.